The Morgan fingerprint density at radius 2 is 1.81 bits per heavy atom. The van der Waals surface area contributed by atoms with E-state index in [0.29, 0.717) is 11.7 Å². The molecule has 2 nitrogen and oxygen atoms in total. The first-order valence-electron chi connectivity index (χ1n) is 11.9. The first-order chi connectivity index (χ1) is 12.6. The van der Waals surface area contributed by atoms with Crippen molar-refractivity contribution in [1.82, 2.24) is 0 Å². The van der Waals surface area contributed by atoms with Crippen molar-refractivity contribution in [3.8, 4) is 0 Å². The zero-order chi connectivity index (χ0) is 20.3. The van der Waals surface area contributed by atoms with E-state index in [1.807, 2.05) is 0 Å². The molecule has 0 aromatic rings. The third-order valence-electron chi connectivity index (χ3n) is 8.49. The van der Waals surface area contributed by atoms with Crippen LogP contribution < -0.4 is 0 Å². The van der Waals surface area contributed by atoms with Crippen molar-refractivity contribution in [2.45, 2.75) is 124 Å². The van der Waals surface area contributed by atoms with Crippen molar-refractivity contribution in [3.63, 3.8) is 0 Å². The lowest BCUT2D eigenvalue weighted by molar-refractivity contribution is -0.130. The van der Waals surface area contributed by atoms with Gasteiger partial charge in [0.05, 0.1) is 5.60 Å². The summed E-state index contributed by atoms with van der Waals surface area (Å²) in [5.74, 6) is 2.40. The van der Waals surface area contributed by atoms with Gasteiger partial charge in [-0.3, -0.25) is 4.79 Å². The number of rotatable bonds is 10. The van der Waals surface area contributed by atoms with E-state index in [0.717, 1.165) is 37.5 Å². The first-order valence-corrected chi connectivity index (χ1v) is 14.4. The third-order valence-corrected chi connectivity index (χ3v) is 13.3. The molecule has 2 saturated carbocycles. The van der Waals surface area contributed by atoms with E-state index >= 15 is 0 Å². The summed E-state index contributed by atoms with van der Waals surface area (Å²) in [6, 6.07) is 3.70. The molecule has 0 N–H and O–H groups in total. The average molecular weight is 395 g/mol. The van der Waals surface area contributed by atoms with Crippen LogP contribution in [0, 0.1) is 23.2 Å². The summed E-state index contributed by atoms with van der Waals surface area (Å²) >= 11 is 0. The van der Waals surface area contributed by atoms with E-state index in [4.69, 9.17) is 4.43 Å². The summed E-state index contributed by atoms with van der Waals surface area (Å²) in [5, 5.41) is 0. The molecule has 0 spiro atoms. The lowest BCUT2D eigenvalue weighted by Crippen LogP contribution is -2.44. The third kappa shape index (κ3) is 5.07. The van der Waals surface area contributed by atoms with Gasteiger partial charge < -0.3 is 4.43 Å². The van der Waals surface area contributed by atoms with Crippen molar-refractivity contribution in [2.24, 2.45) is 23.2 Å². The monoisotopic (exact) mass is 394 g/mol. The van der Waals surface area contributed by atoms with Crippen LogP contribution >= 0.6 is 0 Å². The SMILES string of the molecule is CC[Si](CC)(CC)OC(C)(C)CCC[C@@H](C)C1CCC2C(=O)CCC[C@@]21C. The van der Waals surface area contributed by atoms with Crippen LogP contribution in [0.5, 0.6) is 0 Å². The maximum Gasteiger partial charge on any atom is 0.192 e. The Morgan fingerprint density at radius 1 is 1.19 bits per heavy atom. The van der Waals surface area contributed by atoms with Crippen molar-refractivity contribution >= 4 is 14.1 Å². The van der Waals surface area contributed by atoms with Crippen LogP contribution in [0.4, 0.5) is 0 Å². The predicted molar refractivity (Wildman–Crippen MR) is 119 cm³/mol. The van der Waals surface area contributed by atoms with E-state index in [2.05, 4.69) is 48.5 Å². The summed E-state index contributed by atoms with van der Waals surface area (Å²) in [6.45, 7) is 16.5. The highest BCUT2D eigenvalue weighted by Gasteiger charge is 2.52. The molecule has 2 aliphatic rings. The smallest absolute Gasteiger partial charge is 0.192 e. The zero-order valence-electron chi connectivity index (χ0n) is 19.3. The molecule has 0 radical (unpaired) electrons. The Bertz CT molecular complexity index is 488. The second kappa shape index (κ2) is 9.11. The van der Waals surface area contributed by atoms with Gasteiger partial charge in [0.1, 0.15) is 5.78 Å². The normalized spacial score (nSPS) is 30.4. The van der Waals surface area contributed by atoms with Crippen LogP contribution in [0.25, 0.3) is 0 Å². The Balaban J connectivity index is 1.88. The van der Waals surface area contributed by atoms with Crippen LogP contribution in [0.3, 0.4) is 0 Å². The maximum absolute atomic E-state index is 12.4. The molecule has 27 heavy (non-hydrogen) atoms. The van der Waals surface area contributed by atoms with Gasteiger partial charge in [-0.1, -0.05) is 47.5 Å². The molecule has 2 rings (SSSR count). The first kappa shape index (κ1) is 23.1. The highest BCUT2D eigenvalue weighted by Crippen LogP contribution is 2.57. The van der Waals surface area contributed by atoms with Crippen LogP contribution in [0.1, 0.15) is 99.8 Å². The van der Waals surface area contributed by atoms with Crippen LogP contribution in [0.2, 0.25) is 18.1 Å². The summed E-state index contributed by atoms with van der Waals surface area (Å²) in [5.41, 5.74) is 0.298. The fourth-order valence-corrected chi connectivity index (χ4v) is 9.77. The molecule has 0 heterocycles. The summed E-state index contributed by atoms with van der Waals surface area (Å²) in [4.78, 5) is 12.4. The molecule has 0 aromatic heterocycles. The van der Waals surface area contributed by atoms with E-state index < -0.39 is 8.32 Å². The Morgan fingerprint density at radius 3 is 2.41 bits per heavy atom. The molecule has 2 unspecified atom stereocenters. The predicted octanol–water partition coefficient (Wildman–Crippen LogP) is 7.38. The minimum absolute atomic E-state index is 0.0108. The topological polar surface area (TPSA) is 26.3 Å². The van der Waals surface area contributed by atoms with Gasteiger partial charge in [-0.15, -0.1) is 0 Å². The molecular formula is C24H46O2Si. The molecule has 0 amide bonds. The Kier molecular flexibility index (Phi) is 7.81. The Labute approximate surface area is 170 Å². The number of carbonyl (C=O) groups excluding carboxylic acids is 1. The highest BCUT2D eigenvalue weighted by molar-refractivity contribution is 6.73. The van der Waals surface area contributed by atoms with Gasteiger partial charge in [-0.05, 0) is 81.3 Å². The van der Waals surface area contributed by atoms with E-state index in [9.17, 15) is 4.79 Å². The lowest BCUT2D eigenvalue weighted by Gasteiger charge is -2.42. The largest absolute Gasteiger partial charge is 0.412 e. The molecule has 0 bridgehead atoms. The number of fused-ring (bicyclic) bond motifs is 1. The fraction of sp³-hybridized carbons (Fsp3) is 0.958. The van der Waals surface area contributed by atoms with Crippen LogP contribution in [-0.4, -0.2) is 19.7 Å². The van der Waals surface area contributed by atoms with Gasteiger partial charge in [0.25, 0.3) is 0 Å². The molecule has 0 saturated heterocycles. The number of Topliss-reactive ketones (excluding diaryl/α,β-unsaturated/α-hetero) is 1. The minimum Gasteiger partial charge on any atom is -0.412 e. The molecule has 158 valence electrons. The zero-order valence-corrected chi connectivity index (χ0v) is 20.3. The molecule has 0 aromatic carbocycles. The van der Waals surface area contributed by atoms with Gasteiger partial charge >= 0.3 is 0 Å². The summed E-state index contributed by atoms with van der Waals surface area (Å²) in [6.07, 6.45) is 9.34. The van der Waals surface area contributed by atoms with Crippen molar-refractivity contribution in [3.05, 3.63) is 0 Å². The molecule has 3 heteroatoms. The lowest BCUT2D eigenvalue weighted by atomic mass is 9.62. The summed E-state index contributed by atoms with van der Waals surface area (Å²) in [7, 11) is -1.54. The second-order valence-electron chi connectivity index (χ2n) is 10.5. The molecule has 2 fully saturated rings. The summed E-state index contributed by atoms with van der Waals surface area (Å²) < 4.78 is 6.79. The minimum atomic E-state index is -1.54. The average Bonchev–Trinajstić information content (AvgIpc) is 2.98. The molecule has 2 aliphatic carbocycles. The Hall–Kier alpha value is -0.153. The van der Waals surface area contributed by atoms with Crippen LogP contribution in [-0.2, 0) is 9.22 Å². The number of hydrogen-bond acceptors (Lipinski definition) is 2. The highest BCUT2D eigenvalue weighted by atomic mass is 28.4. The number of carbonyl (C=O) groups is 1. The molecular weight excluding hydrogens is 348 g/mol. The van der Waals surface area contributed by atoms with E-state index in [1.54, 1.807) is 0 Å². The van der Waals surface area contributed by atoms with Crippen molar-refractivity contribution < 1.29 is 9.22 Å². The van der Waals surface area contributed by atoms with E-state index in [1.165, 1.54) is 43.8 Å². The standard InChI is InChI=1S/C24H46O2Si/c1-8-27(9-2,10-3)26-23(5,6)17-11-13-19(4)20-15-16-21-22(25)14-12-18-24(20,21)7/h19-21H,8-18H2,1-7H3/t19-,20?,21?,24-/m1/s1. The quantitative estimate of drug-likeness (QED) is 0.361. The number of ketones is 1. The van der Waals surface area contributed by atoms with E-state index in [-0.39, 0.29) is 11.0 Å². The number of hydrogen-bond donors (Lipinski definition) is 0. The van der Waals surface area contributed by atoms with Crippen LogP contribution in [0.15, 0.2) is 0 Å². The van der Waals surface area contributed by atoms with Gasteiger partial charge in [-0.25, -0.2) is 0 Å². The van der Waals surface area contributed by atoms with Crippen molar-refractivity contribution in [2.75, 3.05) is 0 Å². The van der Waals surface area contributed by atoms with Gasteiger partial charge in [0.15, 0.2) is 8.32 Å². The van der Waals surface area contributed by atoms with Crippen molar-refractivity contribution in [1.29, 1.82) is 0 Å². The maximum atomic E-state index is 12.4. The second-order valence-corrected chi connectivity index (χ2v) is 15.2. The van der Waals surface area contributed by atoms with Gasteiger partial charge in [0.2, 0.25) is 0 Å². The van der Waals surface area contributed by atoms with Gasteiger partial charge in [0, 0.05) is 12.3 Å². The molecule has 4 atom stereocenters. The fourth-order valence-electron chi connectivity index (χ4n) is 6.56. The molecule has 0 aliphatic heterocycles. The van der Waals surface area contributed by atoms with Gasteiger partial charge in [-0.2, -0.15) is 0 Å².